The van der Waals surface area contributed by atoms with E-state index in [9.17, 15) is 9.67 Å². The van der Waals surface area contributed by atoms with E-state index in [-0.39, 0.29) is 11.6 Å². The Morgan fingerprint density at radius 3 is 2.48 bits per heavy atom. The van der Waals surface area contributed by atoms with Crippen LogP contribution in [-0.2, 0) is 4.57 Å². The van der Waals surface area contributed by atoms with Crippen LogP contribution in [0.5, 0.6) is 11.6 Å². The fourth-order valence-electron chi connectivity index (χ4n) is 2.15. The van der Waals surface area contributed by atoms with E-state index < -0.39 is 7.82 Å². The monoisotopic (exact) mass is 332 g/mol. The number of phosphoric ester groups is 1. The molecule has 7 nitrogen and oxygen atoms in total. The van der Waals surface area contributed by atoms with Gasteiger partial charge in [0, 0.05) is 17.1 Å². The van der Waals surface area contributed by atoms with Crippen molar-refractivity contribution in [2.45, 2.75) is 0 Å². The normalized spacial score (nSPS) is 12.1. The van der Waals surface area contributed by atoms with E-state index in [1.807, 2.05) is 24.3 Å². The van der Waals surface area contributed by atoms with E-state index in [0.29, 0.717) is 11.3 Å². The molecule has 3 rings (SSSR count). The Labute approximate surface area is 131 Å². The van der Waals surface area contributed by atoms with Gasteiger partial charge < -0.3 is 14.6 Å². The molecule has 0 bridgehead atoms. The number of para-hydroxylation sites is 1. The number of aliphatic imine (C=N–C) groups is 1. The molecule has 8 heteroatoms. The molecule has 1 heterocycles. The quantitative estimate of drug-likeness (QED) is 0.433. The summed E-state index contributed by atoms with van der Waals surface area (Å²) in [4.78, 5) is 24.6. The summed E-state index contributed by atoms with van der Waals surface area (Å²) in [6, 6.07) is 13.3. The SMILES string of the molecule is O=P(O)(O)Oc1ccc(N=Cc2c(O)[nH]c3ccccc23)cc1. The van der Waals surface area contributed by atoms with Crippen molar-refractivity contribution >= 4 is 30.6 Å². The van der Waals surface area contributed by atoms with E-state index in [0.717, 1.165) is 10.9 Å². The predicted octanol–water partition coefficient (Wildman–Crippen LogP) is 3.10. The summed E-state index contributed by atoms with van der Waals surface area (Å²) in [6.45, 7) is 0. The molecule has 3 aromatic rings. The lowest BCUT2D eigenvalue weighted by molar-refractivity contribution is 0.283. The molecule has 23 heavy (non-hydrogen) atoms. The number of phosphoric acid groups is 1. The number of aromatic nitrogens is 1. The first-order chi connectivity index (χ1) is 10.9. The highest BCUT2D eigenvalue weighted by Gasteiger charge is 2.15. The molecule has 0 saturated carbocycles. The van der Waals surface area contributed by atoms with Crippen molar-refractivity contribution in [2.75, 3.05) is 0 Å². The number of nitrogens with zero attached hydrogens (tertiary/aromatic N) is 1. The average Bonchev–Trinajstić information content (AvgIpc) is 2.80. The summed E-state index contributed by atoms with van der Waals surface area (Å²) >= 11 is 0. The average molecular weight is 332 g/mol. The summed E-state index contributed by atoms with van der Waals surface area (Å²) in [6.07, 6.45) is 1.52. The van der Waals surface area contributed by atoms with Crippen molar-refractivity contribution in [3.8, 4) is 11.6 Å². The zero-order chi connectivity index (χ0) is 16.4. The second kappa shape index (κ2) is 5.89. The molecule has 0 aliphatic rings. The molecular formula is C15H13N2O5P. The molecule has 0 amide bonds. The lowest BCUT2D eigenvalue weighted by Gasteiger charge is -2.06. The predicted molar refractivity (Wildman–Crippen MR) is 86.3 cm³/mol. The fraction of sp³-hybridized carbons (Fsp3) is 0. The van der Waals surface area contributed by atoms with Crippen molar-refractivity contribution in [3.63, 3.8) is 0 Å². The first kappa shape index (κ1) is 15.3. The number of nitrogens with one attached hydrogen (secondary N) is 1. The molecule has 0 spiro atoms. The van der Waals surface area contributed by atoms with Gasteiger partial charge in [0.05, 0.1) is 11.3 Å². The second-order valence-corrected chi connectivity index (χ2v) is 5.93. The summed E-state index contributed by atoms with van der Waals surface area (Å²) in [5.74, 6) is 0.0728. The van der Waals surface area contributed by atoms with Gasteiger partial charge in [0.1, 0.15) is 5.75 Å². The Kier molecular flexibility index (Phi) is 3.92. The number of H-pyrrole nitrogens is 1. The van der Waals surface area contributed by atoms with Crippen molar-refractivity contribution in [2.24, 2.45) is 4.99 Å². The Morgan fingerprint density at radius 2 is 1.78 bits per heavy atom. The van der Waals surface area contributed by atoms with Crippen LogP contribution in [0, 0.1) is 0 Å². The molecule has 0 radical (unpaired) electrons. The molecular weight excluding hydrogens is 319 g/mol. The molecule has 2 aromatic carbocycles. The molecule has 118 valence electrons. The molecule has 0 fully saturated rings. The summed E-state index contributed by atoms with van der Waals surface area (Å²) in [5.41, 5.74) is 1.92. The molecule has 0 aliphatic carbocycles. The molecule has 0 unspecified atom stereocenters. The van der Waals surface area contributed by atoms with Crippen molar-refractivity contribution < 1.29 is 24.0 Å². The van der Waals surface area contributed by atoms with Gasteiger partial charge in [0.2, 0.25) is 0 Å². The van der Waals surface area contributed by atoms with Crippen LogP contribution in [0.4, 0.5) is 5.69 Å². The molecule has 4 N–H and O–H groups in total. The second-order valence-electron chi connectivity index (χ2n) is 4.77. The number of aromatic hydroxyl groups is 1. The van der Waals surface area contributed by atoms with Gasteiger partial charge >= 0.3 is 7.82 Å². The molecule has 0 aliphatic heterocycles. The van der Waals surface area contributed by atoms with Crippen molar-refractivity contribution in [1.82, 2.24) is 4.98 Å². The highest BCUT2D eigenvalue weighted by molar-refractivity contribution is 7.46. The topological polar surface area (TPSA) is 115 Å². The fourth-order valence-corrected chi connectivity index (χ4v) is 2.55. The van der Waals surface area contributed by atoms with E-state index in [2.05, 4.69) is 14.5 Å². The van der Waals surface area contributed by atoms with Gasteiger partial charge in [-0.1, -0.05) is 18.2 Å². The van der Waals surface area contributed by atoms with Crippen LogP contribution in [0.15, 0.2) is 53.5 Å². The Bertz CT molecular complexity index is 911. The van der Waals surface area contributed by atoms with Gasteiger partial charge in [-0.3, -0.25) is 14.8 Å². The van der Waals surface area contributed by atoms with Gasteiger partial charge in [-0.15, -0.1) is 0 Å². The van der Waals surface area contributed by atoms with Crippen LogP contribution in [0.25, 0.3) is 10.9 Å². The summed E-state index contributed by atoms with van der Waals surface area (Å²) in [5, 5.41) is 10.8. The van der Waals surface area contributed by atoms with E-state index >= 15 is 0 Å². The third kappa shape index (κ3) is 3.60. The minimum atomic E-state index is -4.57. The van der Waals surface area contributed by atoms with Crippen LogP contribution in [0.1, 0.15) is 5.56 Å². The van der Waals surface area contributed by atoms with Gasteiger partial charge in [-0.2, -0.15) is 0 Å². The molecule has 0 atom stereocenters. The summed E-state index contributed by atoms with van der Waals surface area (Å²) < 4.78 is 15.2. The number of aromatic amines is 1. The zero-order valence-electron chi connectivity index (χ0n) is 11.7. The standard InChI is InChI=1S/C15H13N2O5P/c18-15-13(12-3-1-2-4-14(12)17-15)9-16-10-5-7-11(8-6-10)22-23(19,20)21/h1-9,17-18H,(H2,19,20,21). The number of benzene rings is 2. The number of rotatable bonds is 4. The maximum atomic E-state index is 10.7. The van der Waals surface area contributed by atoms with E-state index in [1.54, 1.807) is 12.1 Å². The Morgan fingerprint density at radius 1 is 1.09 bits per heavy atom. The maximum absolute atomic E-state index is 10.7. The van der Waals surface area contributed by atoms with Gasteiger partial charge in [-0.25, -0.2) is 4.57 Å². The van der Waals surface area contributed by atoms with Gasteiger partial charge in [-0.05, 0) is 30.3 Å². The first-order valence-electron chi connectivity index (χ1n) is 6.61. The maximum Gasteiger partial charge on any atom is 0.524 e. The van der Waals surface area contributed by atoms with Crippen LogP contribution in [0.2, 0.25) is 0 Å². The Hall–Kier alpha value is -2.60. The highest BCUT2D eigenvalue weighted by atomic mass is 31.2. The smallest absolute Gasteiger partial charge is 0.494 e. The number of fused-ring (bicyclic) bond motifs is 1. The van der Waals surface area contributed by atoms with Gasteiger partial charge in [0.15, 0.2) is 5.88 Å². The number of hydrogen-bond donors (Lipinski definition) is 4. The van der Waals surface area contributed by atoms with Crippen LogP contribution < -0.4 is 4.52 Å². The third-order valence-corrected chi connectivity index (χ3v) is 3.58. The van der Waals surface area contributed by atoms with E-state index in [4.69, 9.17) is 9.79 Å². The van der Waals surface area contributed by atoms with E-state index in [1.165, 1.54) is 18.3 Å². The van der Waals surface area contributed by atoms with Crippen LogP contribution in [-0.4, -0.2) is 26.1 Å². The lowest BCUT2D eigenvalue weighted by Crippen LogP contribution is -1.89. The van der Waals surface area contributed by atoms with Gasteiger partial charge in [0.25, 0.3) is 0 Å². The number of hydrogen-bond acceptors (Lipinski definition) is 4. The highest BCUT2D eigenvalue weighted by Crippen LogP contribution is 2.37. The van der Waals surface area contributed by atoms with Crippen molar-refractivity contribution in [1.29, 1.82) is 0 Å². The first-order valence-corrected chi connectivity index (χ1v) is 8.14. The largest absolute Gasteiger partial charge is 0.524 e. The van der Waals surface area contributed by atoms with Crippen LogP contribution >= 0.6 is 7.82 Å². The van der Waals surface area contributed by atoms with Crippen molar-refractivity contribution in [3.05, 3.63) is 54.1 Å². The Balaban J connectivity index is 1.85. The minimum absolute atomic E-state index is 0.0244. The van der Waals surface area contributed by atoms with Crippen LogP contribution in [0.3, 0.4) is 0 Å². The third-order valence-electron chi connectivity index (χ3n) is 3.13. The summed E-state index contributed by atoms with van der Waals surface area (Å²) in [7, 11) is -4.57. The molecule has 0 saturated heterocycles. The minimum Gasteiger partial charge on any atom is -0.494 e. The lowest BCUT2D eigenvalue weighted by atomic mass is 10.2. The zero-order valence-corrected chi connectivity index (χ0v) is 12.6. The molecule has 1 aromatic heterocycles.